The lowest BCUT2D eigenvalue weighted by atomic mass is 9.95. The molecule has 0 spiro atoms. The molecule has 1 saturated carbocycles. The predicted molar refractivity (Wildman–Crippen MR) is 101 cm³/mol. The number of carbonyl (C=O) groups is 1. The number of carbonyl (C=O) groups excluding carboxylic acids is 1. The number of halogens is 1. The molecule has 3 heterocycles. The molecular weight excluding hydrogens is 386 g/mol. The fourth-order valence-corrected chi connectivity index (χ4v) is 5.75. The molecule has 4 rings (SSSR count). The van der Waals surface area contributed by atoms with Crippen LogP contribution in [0.15, 0.2) is 3.92 Å². The van der Waals surface area contributed by atoms with Crippen molar-refractivity contribution in [3.63, 3.8) is 0 Å². The zero-order valence-electron chi connectivity index (χ0n) is 14.3. The fraction of sp³-hybridized carbons (Fsp3) is 0.778. The average molecular weight is 412 g/mol. The van der Waals surface area contributed by atoms with Crippen LogP contribution < -0.4 is 0 Å². The SMILES string of the molecule is C[C@@H]1CCCN(C2CCN(C(=O)c3sc(Br)nc3C3CC3)CC2)C1. The van der Waals surface area contributed by atoms with E-state index in [4.69, 9.17) is 0 Å². The molecule has 0 unspecified atom stereocenters. The summed E-state index contributed by atoms with van der Waals surface area (Å²) < 4.78 is 0.852. The molecule has 132 valence electrons. The molecule has 1 atom stereocenters. The van der Waals surface area contributed by atoms with Crippen LogP contribution in [0, 0.1) is 5.92 Å². The summed E-state index contributed by atoms with van der Waals surface area (Å²) in [5.41, 5.74) is 1.05. The summed E-state index contributed by atoms with van der Waals surface area (Å²) in [6, 6.07) is 0.674. The number of likely N-dealkylation sites (tertiary alicyclic amines) is 2. The first-order chi connectivity index (χ1) is 11.6. The molecule has 0 aromatic carbocycles. The van der Waals surface area contributed by atoms with Crippen LogP contribution in [0.3, 0.4) is 0 Å². The molecule has 1 aliphatic carbocycles. The predicted octanol–water partition coefficient (Wildman–Crippen LogP) is 4.12. The highest BCUT2D eigenvalue weighted by Gasteiger charge is 2.35. The van der Waals surface area contributed by atoms with Gasteiger partial charge in [0.25, 0.3) is 5.91 Å². The van der Waals surface area contributed by atoms with Crippen molar-refractivity contribution < 1.29 is 4.79 Å². The molecule has 3 aliphatic rings. The second-order valence-electron chi connectivity index (χ2n) is 7.72. The first-order valence-corrected chi connectivity index (χ1v) is 10.9. The van der Waals surface area contributed by atoms with Gasteiger partial charge in [0.2, 0.25) is 0 Å². The maximum Gasteiger partial charge on any atom is 0.265 e. The number of hydrogen-bond acceptors (Lipinski definition) is 4. The van der Waals surface area contributed by atoms with Crippen molar-refractivity contribution in [2.75, 3.05) is 26.2 Å². The second kappa shape index (κ2) is 7.04. The van der Waals surface area contributed by atoms with Crippen molar-refractivity contribution >= 4 is 33.2 Å². The van der Waals surface area contributed by atoms with Gasteiger partial charge >= 0.3 is 0 Å². The first kappa shape index (κ1) is 17.0. The third-order valence-corrected chi connectivity index (χ3v) is 7.25. The Hall–Kier alpha value is -0.460. The van der Waals surface area contributed by atoms with E-state index in [1.54, 1.807) is 0 Å². The Morgan fingerprint density at radius 3 is 2.58 bits per heavy atom. The van der Waals surface area contributed by atoms with E-state index in [1.807, 2.05) is 0 Å². The Labute approximate surface area is 156 Å². The summed E-state index contributed by atoms with van der Waals surface area (Å²) in [5, 5.41) is 0. The maximum absolute atomic E-state index is 13.0. The van der Waals surface area contributed by atoms with Crippen molar-refractivity contribution in [1.29, 1.82) is 0 Å². The van der Waals surface area contributed by atoms with Gasteiger partial charge in [-0.05, 0) is 66.9 Å². The van der Waals surface area contributed by atoms with Gasteiger partial charge in [-0.15, -0.1) is 11.3 Å². The van der Waals surface area contributed by atoms with E-state index in [-0.39, 0.29) is 5.91 Å². The van der Waals surface area contributed by atoms with E-state index in [0.717, 1.165) is 46.3 Å². The quantitative estimate of drug-likeness (QED) is 0.750. The summed E-state index contributed by atoms with van der Waals surface area (Å²) in [5.74, 6) is 1.57. The fourth-order valence-electron chi connectivity index (χ4n) is 4.23. The summed E-state index contributed by atoms with van der Waals surface area (Å²) in [7, 11) is 0. The topological polar surface area (TPSA) is 36.4 Å². The normalized spacial score (nSPS) is 26.8. The minimum Gasteiger partial charge on any atom is -0.338 e. The maximum atomic E-state index is 13.0. The van der Waals surface area contributed by atoms with Crippen molar-refractivity contribution in [3.05, 3.63) is 14.5 Å². The molecule has 2 saturated heterocycles. The summed E-state index contributed by atoms with van der Waals surface area (Å²) in [6.07, 6.45) is 7.32. The Kier molecular flexibility index (Phi) is 4.98. The molecule has 4 nitrogen and oxygen atoms in total. The Bertz CT molecular complexity index is 607. The first-order valence-electron chi connectivity index (χ1n) is 9.31. The Morgan fingerprint density at radius 1 is 1.17 bits per heavy atom. The smallest absolute Gasteiger partial charge is 0.265 e. The molecule has 1 aromatic heterocycles. The van der Waals surface area contributed by atoms with Crippen LogP contribution in [-0.2, 0) is 0 Å². The van der Waals surface area contributed by atoms with Gasteiger partial charge in [0.1, 0.15) is 4.88 Å². The standard InChI is InChI=1S/C18H26BrN3OS/c1-12-3-2-8-22(11-12)14-6-9-21(10-7-14)17(23)16-15(13-4-5-13)20-18(19)24-16/h12-14H,2-11H2,1H3/t12-/m1/s1. The molecule has 1 amide bonds. The van der Waals surface area contributed by atoms with Crippen LogP contribution in [0.2, 0.25) is 0 Å². The largest absolute Gasteiger partial charge is 0.338 e. The Balaban J connectivity index is 1.38. The lowest BCUT2D eigenvalue weighted by Crippen LogP contribution is -2.49. The average Bonchev–Trinajstić information content (AvgIpc) is 3.36. The van der Waals surface area contributed by atoms with Crippen molar-refractivity contribution in [3.8, 4) is 0 Å². The minimum atomic E-state index is 0.213. The monoisotopic (exact) mass is 411 g/mol. The van der Waals surface area contributed by atoms with Gasteiger partial charge in [-0.25, -0.2) is 4.98 Å². The van der Waals surface area contributed by atoms with E-state index in [2.05, 4.69) is 37.6 Å². The molecule has 6 heteroatoms. The third kappa shape index (κ3) is 3.56. The number of amides is 1. The van der Waals surface area contributed by atoms with Crippen molar-refractivity contribution in [1.82, 2.24) is 14.8 Å². The van der Waals surface area contributed by atoms with E-state index >= 15 is 0 Å². The lowest BCUT2D eigenvalue weighted by Gasteiger charge is -2.41. The zero-order chi connectivity index (χ0) is 16.7. The molecule has 2 aliphatic heterocycles. The molecule has 3 fully saturated rings. The number of aromatic nitrogens is 1. The number of thiazole rings is 1. The van der Waals surface area contributed by atoms with E-state index in [1.165, 1.54) is 50.1 Å². The summed E-state index contributed by atoms with van der Waals surface area (Å²) >= 11 is 4.99. The molecule has 0 radical (unpaired) electrons. The van der Waals surface area contributed by atoms with Crippen LogP contribution in [0.25, 0.3) is 0 Å². The van der Waals surface area contributed by atoms with E-state index in [0.29, 0.717) is 12.0 Å². The van der Waals surface area contributed by atoms with Gasteiger partial charge in [-0.2, -0.15) is 0 Å². The second-order valence-corrected chi connectivity index (χ2v) is 10.00. The number of hydrogen-bond donors (Lipinski definition) is 0. The van der Waals surface area contributed by atoms with E-state index < -0.39 is 0 Å². The highest BCUT2D eigenvalue weighted by atomic mass is 79.9. The van der Waals surface area contributed by atoms with Gasteiger partial charge < -0.3 is 4.90 Å². The van der Waals surface area contributed by atoms with Gasteiger partial charge in [-0.3, -0.25) is 9.69 Å². The highest BCUT2D eigenvalue weighted by Crippen LogP contribution is 2.44. The lowest BCUT2D eigenvalue weighted by molar-refractivity contribution is 0.0544. The van der Waals surface area contributed by atoms with Crippen LogP contribution in [0.1, 0.15) is 66.7 Å². The minimum absolute atomic E-state index is 0.213. The molecular formula is C18H26BrN3OS. The van der Waals surface area contributed by atoms with Gasteiger partial charge in [0.15, 0.2) is 3.92 Å². The Morgan fingerprint density at radius 2 is 1.92 bits per heavy atom. The van der Waals surface area contributed by atoms with Gasteiger partial charge in [-0.1, -0.05) is 6.92 Å². The number of piperidine rings is 2. The van der Waals surface area contributed by atoms with E-state index in [9.17, 15) is 4.79 Å². The molecule has 0 N–H and O–H groups in total. The summed E-state index contributed by atoms with van der Waals surface area (Å²) in [6.45, 7) is 6.65. The molecule has 1 aromatic rings. The van der Waals surface area contributed by atoms with Crippen molar-refractivity contribution in [2.24, 2.45) is 5.92 Å². The summed E-state index contributed by atoms with van der Waals surface area (Å²) in [4.78, 5) is 23.2. The zero-order valence-corrected chi connectivity index (χ0v) is 16.7. The van der Waals surface area contributed by atoms with Crippen LogP contribution in [-0.4, -0.2) is 52.9 Å². The number of rotatable bonds is 3. The van der Waals surface area contributed by atoms with Crippen molar-refractivity contribution in [2.45, 2.75) is 57.4 Å². The van der Waals surface area contributed by atoms with Gasteiger partial charge in [0.05, 0.1) is 5.69 Å². The highest BCUT2D eigenvalue weighted by molar-refractivity contribution is 9.11. The molecule has 24 heavy (non-hydrogen) atoms. The third-order valence-electron chi connectivity index (χ3n) is 5.74. The van der Waals surface area contributed by atoms with Crippen LogP contribution in [0.4, 0.5) is 0 Å². The number of nitrogens with zero attached hydrogens (tertiary/aromatic N) is 3. The van der Waals surface area contributed by atoms with Crippen LogP contribution >= 0.6 is 27.3 Å². The van der Waals surface area contributed by atoms with Crippen LogP contribution in [0.5, 0.6) is 0 Å². The van der Waals surface area contributed by atoms with Gasteiger partial charge in [0, 0.05) is 31.6 Å². The molecule has 0 bridgehead atoms.